The lowest BCUT2D eigenvalue weighted by molar-refractivity contribution is -0.137. The van der Waals surface area contributed by atoms with E-state index in [1.165, 1.54) is 27.2 Å². The molecule has 1 aliphatic carbocycles. The number of carboxylic acid groups (broad SMARTS) is 1. The maximum atomic E-state index is 11.1. The zero-order valence-electron chi connectivity index (χ0n) is 10.2. The molecule has 1 unspecified atom stereocenters. The monoisotopic (exact) mass is 261 g/mol. The van der Waals surface area contributed by atoms with Crippen molar-refractivity contribution in [2.75, 3.05) is 0 Å². The van der Waals surface area contributed by atoms with Gasteiger partial charge in [-0.25, -0.2) is 0 Å². The molecule has 3 nitrogen and oxygen atoms in total. The molecule has 1 aromatic carbocycles. The van der Waals surface area contributed by atoms with E-state index >= 15 is 0 Å². The Balaban J connectivity index is 2.10. The van der Waals surface area contributed by atoms with Crippen molar-refractivity contribution in [1.29, 1.82) is 0 Å². The molecule has 4 heteroatoms. The minimum atomic E-state index is -0.704. The zero-order valence-corrected chi connectivity index (χ0v) is 11.0. The number of carbonyl (C=O) groups is 1. The quantitative estimate of drug-likeness (QED) is 0.915. The summed E-state index contributed by atoms with van der Waals surface area (Å²) in [6, 6.07) is 6.16. The molecule has 1 aromatic heterocycles. The Morgan fingerprint density at radius 1 is 1.56 bits per heavy atom. The van der Waals surface area contributed by atoms with E-state index in [4.69, 9.17) is 5.11 Å². The molecule has 1 aliphatic rings. The second-order valence-corrected chi connectivity index (χ2v) is 5.84. The van der Waals surface area contributed by atoms with Gasteiger partial charge in [0.05, 0.1) is 16.8 Å². The van der Waals surface area contributed by atoms with Gasteiger partial charge in [0.2, 0.25) is 0 Å². The zero-order chi connectivity index (χ0) is 12.7. The molecule has 1 fully saturated rings. The molecule has 1 atom stereocenters. The highest BCUT2D eigenvalue weighted by Crippen LogP contribution is 2.46. The van der Waals surface area contributed by atoms with Crippen LogP contribution in [0.1, 0.15) is 36.4 Å². The van der Waals surface area contributed by atoms with E-state index < -0.39 is 5.97 Å². The summed E-state index contributed by atoms with van der Waals surface area (Å²) in [5.74, 6) is -0.00274. The SMILES string of the molecule is Cc1nsc2cccc(C(CC(=O)O)C3CC3)c12. The third-order valence-electron chi connectivity index (χ3n) is 3.69. The van der Waals surface area contributed by atoms with Crippen LogP contribution < -0.4 is 0 Å². The third-order valence-corrected chi connectivity index (χ3v) is 4.59. The van der Waals surface area contributed by atoms with Crippen molar-refractivity contribution in [3.8, 4) is 0 Å². The molecule has 0 radical (unpaired) electrons. The molecule has 0 spiro atoms. The summed E-state index contributed by atoms with van der Waals surface area (Å²) in [6.45, 7) is 2.01. The van der Waals surface area contributed by atoms with Crippen LogP contribution in [-0.4, -0.2) is 15.4 Å². The second-order valence-electron chi connectivity index (χ2n) is 5.03. The van der Waals surface area contributed by atoms with Gasteiger partial charge in [0, 0.05) is 5.39 Å². The minimum absolute atomic E-state index is 0.154. The minimum Gasteiger partial charge on any atom is -0.481 e. The summed E-state index contributed by atoms with van der Waals surface area (Å²) in [4.78, 5) is 11.1. The van der Waals surface area contributed by atoms with E-state index in [2.05, 4.69) is 16.5 Å². The molecule has 18 heavy (non-hydrogen) atoms. The molecule has 1 heterocycles. The maximum absolute atomic E-state index is 11.1. The van der Waals surface area contributed by atoms with Crippen LogP contribution >= 0.6 is 11.5 Å². The summed E-state index contributed by atoms with van der Waals surface area (Å²) in [5.41, 5.74) is 2.21. The van der Waals surface area contributed by atoms with Gasteiger partial charge < -0.3 is 5.11 Å². The average Bonchev–Trinajstić information content (AvgIpc) is 3.11. The molecular formula is C14H15NO2S. The van der Waals surface area contributed by atoms with Gasteiger partial charge in [-0.3, -0.25) is 4.79 Å². The summed E-state index contributed by atoms with van der Waals surface area (Å²) < 4.78 is 5.56. The molecule has 94 valence electrons. The number of hydrogen-bond donors (Lipinski definition) is 1. The van der Waals surface area contributed by atoms with Gasteiger partial charge in [-0.15, -0.1) is 0 Å². The molecule has 0 amide bonds. The van der Waals surface area contributed by atoms with Crippen LogP contribution in [0.3, 0.4) is 0 Å². The van der Waals surface area contributed by atoms with Crippen LogP contribution in [0.25, 0.3) is 10.1 Å². The summed E-state index contributed by atoms with van der Waals surface area (Å²) in [5, 5.41) is 10.3. The van der Waals surface area contributed by atoms with Gasteiger partial charge in [0.15, 0.2) is 0 Å². The molecule has 1 N–H and O–H groups in total. The largest absolute Gasteiger partial charge is 0.481 e. The molecular weight excluding hydrogens is 246 g/mol. The Hall–Kier alpha value is -1.42. The number of rotatable bonds is 4. The number of fused-ring (bicyclic) bond motifs is 1. The van der Waals surface area contributed by atoms with Crippen LogP contribution in [0, 0.1) is 12.8 Å². The third kappa shape index (κ3) is 2.01. The molecule has 1 saturated carbocycles. The van der Waals surface area contributed by atoms with Gasteiger partial charge in [0.1, 0.15) is 0 Å². The Labute approximate surface area is 110 Å². The van der Waals surface area contributed by atoms with Gasteiger partial charge in [-0.1, -0.05) is 12.1 Å². The average molecular weight is 261 g/mol. The van der Waals surface area contributed by atoms with Gasteiger partial charge >= 0.3 is 5.97 Å². The highest BCUT2D eigenvalue weighted by molar-refractivity contribution is 7.13. The number of aliphatic carboxylic acids is 1. The fourth-order valence-electron chi connectivity index (χ4n) is 2.70. The van der Waals surface area contributed by atoms with E-state index in [9.17, 15) is 4.79 Å². The number of hydrogen-bond acceptors (Lipinski definition) is 3. The summed E-state index contributed by atoms with van der Waals surface area (Å²) >= 11 is 1.50. The topological polar surface area (TPSA) is 50.2 Å². The van der Waals surface area contributed by atoms with E-state index in [-0.39, 0.29) is 12.3 Å². The maximum Gasteiger partial charge on any atom is 0.303 e. The van der Waals surface area contributed by atoms with Crippen molar-refractivity contribution >= 4 is 27.6 Å². The van der Waals surface area contributed by atoms with Crippen molar-refractivity contribution in [2.45, 2.75) is 32.1 Å². The predicted molar refractivity (Wildman–Crippen MR) is 72.1 cm³/mol. The summed E-state index contributed by atoms with van der Waals surface area (Å²) in [7, 11) is 0. The highest BCUT2D eigenvalue weighted by Gasteiger charge is 2.34. The van der Waals surface area contributed by atoms with Crippen LogP contribution in [0.4, 0.5) is 0 Å². The molecule has 0 aliphatic heterocycles. The Kier molecular flexibility index (Phi) is 2.82. The molecule has 2 aromatic rings. The first-order valence-corrected chi connectivity index (χ1v) is 7.01. The standard InChI is InChI=1S/C14H15NO2S/c1-8-14-10(3-2-4-12(14)18-15-8)11(7-13(16)17)9-5-6-9/h2-4,9,11H,5-7H2,1H3,(H,16,17). The fourth-order valence-corrected chi connectivity index (χ4v) is 3.52. The van der Waals surface area contributed by atoms with Crippen LogP contribution in [0.2, 0.25) is 0 Å². The van der Waals surface area contributed by atoms with Gasteiger partial charge in [0.25, 0.3) is 0 Å². The van der Waals surface area contributed by atoms with Crippen LogP contribution in [0.5, 0.6) is 0 Å². The Morgan fingerprint density at radius 3 is 3.00 bits per heavy atom. The van der Waals surface area contributed by atoms with Crippen molar-refractivity contribution in [3.63, 3.8) is 0 Å². The number of aromatic nitrogens is 1. The number of aryl methyl sites for hydroxylation is 1. The lowest BCUT2D eigenvalue weighted by atomic mass is 9.88. The molecule has 3 rings (SSSR count). The Bertz CT molecular complexity index is 601. The van der Waals surface area contributed by atoms with E-state index in [1.807, 2.05) is 13.0 Å². The lowest BCUT2D eigenvalue weighted by Crippen LogP contribution is -2.08. The second kappa shape index (κ2) is 4.35. The first kappa shape index (κ1) is 11.7. The fraction of sp³-hybridized carbons (Fsp3) is 0.429. The number of carboxylic acids is 1. The van der Waals surface area contributed by atoms with Gasteiger partial charge in [-0.05, 0) is 54.8 Å². The van der Waals surface area contributed by atoms with Crippen molar-refractivity contribution in [1.82, 2.24) is 4.37 Å². The first-order valence-electron chi connectivity index (χ1n) is 6.23. The van der Waals surface area contributed by atoms with Crippen LogP contribution in [0.15, 0.2) is 18.2 Å². The van der Waals surface area contributed by atoms with E-state index in [0.717, 1.165) is 18.5 Å². The Morgan fingerprint density at radius 2 is 2.33 bits per heavy atom. The predicted octanol–water partition coefficient (Wildman–Crippen LogP) is 3.57. The number of benzene rings is 1. The highest BCUT2D eigenvalue weighted by atomic mass is 32.1. The number of nitrogens with zero attached hydrogens (tertiary/aromatic N) is 1. The van der Waals surface area contributed by atoms with Gasteiger partial charge in [-0.2, -0.15) is 4.37 Å². The van der Waals surface area contributed by atoms with E-state index in [1.54, 1.807) is 0 Å². The normalized spacial score (nSPS) is 16.9. The first-order chi connectivity index (χ1) is 8.66. The van der Waals surface area contributed by atoms with Crippen molar-refractivity contribution in [3.05, 3.63) is 29.5 Å². The van der Waals surface area contributed by atoms with E-state index in [0.29, 0.717) is 5.92 Å². The lowest BCUT2D eigenvalue weighted by Gasteiger charge is -2.15. The van der Waals surface area contributed by atoms with Crippen molar-refractivity contribution in [2.24, 2.45) is 5.92 Å². The smallest absolute Gasteiger partial charge is 0.303 e. The molecule has 0 saturated heterocycles. The van der Waals surface area contributed by atoms with Crippen LogP contribution in [-0.2, 0) is 4.79 Å². The van der Waals surface area contributed by atoms with Crippen molar-refractivity contribution < 1.29 is 9.90 Å². The molecule has 0 bridgehead atoms. The summed E-state index contributed by atoms with van der Waals surface area (Å²) in [6.07, 6.45) is 2.55.